The largest absolute Gasteiger partial charge is 0.392 e. The predicted octanol–water partition coefficient (Wildman–Crippen LogP) is 3.05. The highest BCUT2D eigenvalue weighted by atomic mass is 32.2. The molecular formula is C14H29NOS. The second-order valence-corrected chi connectivity index (χ2v) is 6.73. The van der Waals surface area contributed by atoms with Crippen molar-refractivity contribution in [1.82, 2.24) is 5.32 Å². The molecule has 102 valence electrons. The van der Waals surface area contributed by atoms with Gasteiger partial charge >= 0.3 is 0 Å². The topological polar surface area (TPSA) is 32.3 Å². The van der Waals surface area contributed by atoms with Crippen LogP contribution in [0.1, 0.15) is 52.4 Å². The quantitative estimate of drug-likeness (QED) is 0.624. The first-order chi connectivity index (χ1) is 8.22. The van der Waals surface area contributed by atoms with Crippen LogP contribution in [0, 0.1) is 5.92 Å². The summed E-state index contributed by atoms with van der Waals surface area (Å²) in [5.74, 6) is 3.22. The molecule has 1 saturated carbocycles. The van der Waals surface area contributed by atoms with Crippen molar-refractivity contribution < 1.29 is 5.11 Å². The molecule has 1 aliphatic carbocycles. The van der Waals surface area contributed by atoms with Crippen molar-refractivity contribution in [2.24, 2.45) is 5.92 Å². The molecule has 2 N–H and O–H groups in total. The smallest absolute Gasteiger partial charge is 0.0667 e. The number of hydrogen-bond donors (Lipinski definition) is 2. The fourth-order valence-electron chi connectivity index (χ4n) is 2.56. The Morgan fingerprint density at radius 2 is 2.06 bits per heavy atom. The Balaban J connectivity index is 1.99. The summed E-state index contributed by atoms with van der Waals surface area (Å²) >= 11 is 1.99. The van der Waals surface area contributed by atoms with E-state index in [2.05, 4.69) is 19.2 Å². The lowest BCUT2D eigenvalue weighted by atomic mass is 10.00. The normalized spacial score (nSPS) is 20.6. The Kier molecular flexibility index (Phi) is 8.33. The standard InChI is InChI=1S/C14H29NOS/c1-3-17-9-8-12(2)15-11-14(16)10-13-6-4-5-7-13/h12-16H,3-11H2,1-2H3. The molecule has 0 amide bonds. The summed E-state index contributed by atoms with van der Waals surface area (Å²) in [5, 5.41) is 13.4. The van der Waals surface area contributed by atoms with Crippen LogP contribution in [0.25, 0.3) is 0 Å². The second kappa shape index (κ2) is 9.23. The van der Waals surface area contributed by atoms with Gasteiger partial charge in [-0.15, -0.1) is 0 Å². The Morgan fingerprint density at radius 3 is 2.71 bits per heavy atom. The van der Waals surface area contributed by atoms with Gasteiger partial charge in [0.05, 0.1) is 6.10 Å². The summed E-state index contributed by atoms with van der Waals surface area (Å²) < 4.78 is 0. The number of hydrogen-bond acceptors (Lipinski definition) is 3. The maximum Gasteiger partial charge on any atom is 0.0667 e. The minimum Gasteiger partial charge on any atom is -0.392 e. The molecule has 0 bridgehead atoms. The minimum absolute atomic E-state index is 0.139. The fraction of sp³-hybridized carbons (Fsp3) is 1.00. The van der Waals surface area contributed by atoms with Gasteiger partial charge in [-0.25, -0.2) is 0 Å². The molecule has 0 heterocycles. The molecule has 0 spiro atoms. The summed E-state index contributed by atoms with van der Waals surface area (Å²) in [6, 6.07) is 0.535. The molecule has 3 heteroatoms. The first-order valence-electron chi connectivity index (χ1n) is 7.21. The SMILES string of the molecule is CCSCCC(C)NCC(O)CC1CCCC1. The van der Waals surface area contributed by atoms with Crippen molar-refractivity contribution in [3.63, 3.8) is 0 Å². The Bertz CT molecular complexity index is 183. The van der Waals surface area contributed by atoms with Gasteiger partial charge in [0.15, 0.2) is 0 Å². The molecule has 0 aromatic heterocycles. The number of rotatable bonds is 9. The zero-order valence-corrected chi connectivity index (χ0v) is 12.3. The molecular weight excluding hydrogens is 230 g/mol. The van der Waals surface area contributed by atoms with Crippen LogP contribution in [-0.4, -0.2) is 35.3 Å². The third kappa shape index (κ3) is 7.32. The van der Waals surface area contributed by atoms with E-state index in [0.29, 0.717) is 6.04 Å². The highest BCUT2D eigenvalue weighted by Gasteiger charge is 2.18. The van der Waals surface area contributed by atoms with Crippen LogP contribution < -0.4 is 5.32 Å². The van der Waals surface area contributed by atoms with Crippen LogP contribution in [-0.2, 0) is 0 Å². The molecule has 0 aromatic carbocycles. The average molecular weight is 259 g/mol. The van der Waals surface area contributed by atoms with Crippen molar-refractivity contribution in [2.75, 3.05) is 18.1 Å². The predicted molar refractivity (Wildman–Crippen MR) is 77.7 cm³/mol. The van der Waals surface area contributed by atoms with Crippen molar-refractivity contribution in [3.05, 3.63) is 0 Å². The molecule has 0 saturated heterocycles. The van der Waals surface area contributed by atoms with Crippen LogP contribution in [0.3, 0.4) is 0 Å². The van der Waals surface area contributed by atoms with Crippen molar-refractivity contribution in [1.29, 1.82) is 0 Å². The summed E-state index contributed by atoms with van der Waals surface area (Å²) in [6.45, 7) is 5.20. The van der Waals surface area contributed by atoms with E-state index in [4.69, 9.17) is 0 Å². The summed E-state index contributed by atoms with van der Waals surface area (Å²) in [7, 11) is 0. The maximum absolute atomic E-state index is 9.96. The maximum atomic E-state index is 9.96. The minimum atomic E-state index is -0.139. The van der Waals surface area contributed by atoms with E-state index in [1.165, 1.54) is 43.6 Å². The average Bonchev–Trinajstić information content (AvgIpc) is 2.79. The molecule has 0 aliphatic heterocycles. The third-order valence-electron chi connectivity index (χ3n) is 3.68. The van der Waals surface area contributed by atoms with Crippen LogP contribution in [0.5, 0.6) is 0 Å². The van der Waals surface area contributed by atoms with Gasteiger partial charge in [-0.2, -0.15) is 11.8 Å². The van der Waals surface area contributed by atoms with Gasteiger partial charge in [-0.3, -0.25) is 0 Å². The van der Waals surface area contributed by atoms with Crippen LogP contribution in [0.4, 0.5) is 0 Å². The van der Waals surface area contributed by atoms with E-state index in [1.54, 1.807) is 0 Å². The Hall–Kier alpha value is 0.270. The molecule has 2 atom stereocenters. The molecule has 1 rings (SSSR count). The van der Waals surface area contributed by atoms with Crippen molar-refractivity contribution in [2.45, 2.75) is 64.5 Å². The van der Waals surface area contributed by atoms with E-state index in [-0.39, 0.29) is 6.10 Å². The first kappa shape index (κ1) is 15.3. The van der Waals surface area contributed by atoms with Gasteiger partial charge in [0.25, 0.3) is 0 Å². The van der Waals surface area contributed by atoms with E-state index in [0.717, 1.165) is 18.9 Å². The number of aliphatic hydroxyl groups excluding tert-OH is 1. The Morgan fingerprint density at radius 1 is 1.35 bits per heavy atom. The fourth-order valence-corrected chi connectivity index (χ4v) is 3.37. The number of thioether (sulfide) groups is 1. The monoisotopic (exact) mass is 259 g/mol. The molecule has 1 fully saturated rings. The zero-order chi connectivity index (χ0) is 12.5. The van der Waals surface area contributed by atoms with Gasteiger partial charge in [0, 0.05) is 12.6 Å². The van der Waals surface area contributed by atoms with Crippen LogP contribution in [0.15, 0.2) is 0 Å². The van der Waals surface area contributed by atoms with E-state index in [9.17, 15) is 5.11 Å². The molecule has 0 radical (unpaired) electrons. The van der Waals surface area contributed by atoms with Crippen LogP contribution >= 0.6 is 11.8 Å². The van der Waals surface area contributed by atoms with Crippen molar-refractivity contribution >= 4 is 11.8 Å². The zero-order valence-electron chi connectivity index (χ0n) is 11.5. The highest BCUT2D eigenvalue weighted by Crippen LogP contribution is 2.28. The molecule has 1 aliphatic rings. The highest BCUT2D eigenvalue weighted by molar-refractivity contribution is 7.99. The lowest BCUT2D eigenvalue weighted by Gasteiger charge is -2.19. The number of nitrogens with one attached hydrogen (secondary N) is 1. The summed E-state index contributed by atoms with van der Waals surface area (Å²) in [5.41, 5.74) is 0. The van der Waals surface area contributed by atoms with E-state index >= 15 is 0 Å². The van der Waals surface area contributed by atoms with E-state index < -0.39 is 0 Å². The van der Waals surface area contributed by atoms with Crippen LogP contribution in [0.2, 0.25) is 0 Å². The molecule has 2 unspecified atom stereocenters. The first-order valence-corrected chi connectivity index (χ1v) is 8.37. The molecule has 2 nitrogen and oxygen atoms in total. The molecule has 0 aromatic rings. The summed E-state index contributed by atoms with van der Waals surface area (Å²) in [6.07, 6.45) is 7.47. The number of aliphatic hydroxyl groups is 1. The van der Waals surface area contributed by atoms with Gasteiger partial charge in [0.2, 0.25) is 0 Å². The van der Waals surface area contributed by atoms with Crippen molar-refractivity contribution in [3.8, 4) is 0 Å². The lowest BCUT2D eigenvalue weighted by Crippen LogP contribution is -2.34. The van der Waals surface area contributed by atoms with E-state index in [1.807, 2.05) is 11.8 Å². The Labute approximate surface area is 111 Å². The van der Waals surface area contributed by atoms with Gasteiger partial charge < -0.3 is 10.4 Å². The van der Waals surface area contributed by atoms with Gasteiger partial charge in [-0.05, 0) is 37.2 Å². The molecule has 17 heavy (non-hydrogen) atoms. The summed E-state index contributed by atoms with van der Waals surface area (Å²) in [4.78, 5) is 0. The van der Waals surface area contributed by atoms with Gasteiger partial charge in [0.1, 0.15) is 0 Å². The second-order valence-electron chi connectivity index (χ2n) is 5.33. The third-order valence-corrected chi connectivity index (χ3v) is 4.61. The lowest BCUT2D eigenvalue weighted by molar-refractivity contribution is 0.137. The van der Waals surface area contributed by atoms with Gasteiger partial charge in [-0.1, -0.05) is 32.6 Å².